The Morgan fingerprint density at radius 3 is 2.83 bits per heavy atom. The van der Waals surface area contributed by atoms with Crippen molar-refractivity contribution in [2.45, 2.75) is 33.6 Å². The zero-order valence-electron chi connectivity index (χ0n) is 14.6. The van der Waals surface area contributed by atoms with Gasteiger partial charge in [0.15, 0.2) is 5.65 Å². The fourth-order valence-electron chi connectivity index (χ4n) is 2.64. The molecule has 24 heavy (non-hydrogen) atoms. The van der Waals surface area contributed by atoms with Crippen LogP contribution in [-0.4, -0.2) is 33.9 Å². The quantitative estimate of drug-likeness (QED) is 0.794. The molecule has 7 nitrogen and oxygen atoms in total. The number of nitrogens with one attached hydrogen (secondary N) is 1. The van der Waals surface area contributed by atoms with Crippen LogP contribution in [0.5, 0.6) is 0 Å². The van der Waals surface area contributed by atoms with Crippen LogP contribution < -0.4 is 11.1 Å². The van der Waals surface area contributed by atoms with Crippen LogP contribution in [0.3, 0.4) is 0 Å². The molecule has 0 atom stereocenters. The van der Waals surface area contributed by atoms with E-state index in [9.17, 15) is 5.26 Å². The Balaban J connectivity index is 2.37. The molecule has 3 N–H and O–H groups in total. The van der Waals surface area contributed by atoms with Crippen molar-refractivity contribution in [3.63, 3.8) is 0 Å². The molecule has 0 fully saturated rings. The standard InChI is InChI=1S/C17H23N7/c1-5-7-12(20-4)8-9-21-16-14(10-18)15(19)24-17(22-16)13(6-2)11(3)23-24/h5,7H,6,8-9,19H2,1-4H3,(H,21,22)/b7-5-,20-12?. The van der Waals surface area contributed by atoms with E-state index in [0.29, 0.717) is 29.4 Å². The molecule has 0 saturated carbocycles. The van der Waals surface area contributed by atoms with E-state index < -0.39 is 0 Å². The Morgan fingerprint density at radius 2 is 2.25 bits per heavy atom. The molecular formula is C17H23N7. The van der Waals surface area contributed by atoms with E-state index in [2.05, 4.69) is 26.5 Å². The van der Waals surface area contributed by atoms with Gasteiger partial charge in [-0.2, -0.15) is 14.9 Å². The number of nitriles is 1. The molecule has 0 aliphatic carbocycles. The van der Waals surface area contributed by atoms with Crippen molar-refractivity contribution in [1.82, 2.24) is 14.6 Å². The summed E-state index contributed by atoms with van der Waals surface area (Å²) in [4.78, 5) is 8.81. The fourth-order valence-corrected chi connectivity index (χ4v) is 2.64. The SMILES string of the molecule is C/C=C\C(CCNc1nc2c(CC)c(C)nn2c(N)c1C#N)=NC. The van der Waals surface area contributed by atoms with Crippen molar-refractivity contribution >= 4 is 23.0 Å². The van der Waals surface area contributed by atoms with E-state index in [0.717, 1.165) is 29.8 Å². The summed E-state index contributed by atoms with van der Waals surface area (Å²) in [6, 6.07) is 2.12. The topological polar surface area (TPSA) is 104 Å². The Morgan fingerprint density at radius 1 is 1.50 bits per heavy atom. The fraction of sp³-hybridized carbons (Fsp3) is 0.412. The minimum Gasteiger partial charge on any atom is -0.382 e. The lowest BCUT2D eigenvalue weighted by molar-refractivity contribution is 0.922. The molecule has 7 heteroatoms. The molecule has 0 amide bonds. The number of nitrogen functional groups attached to an aromatic ring is 1. The first-order valence-electron chi connectivity index (χ1n) is 7.97. The maximum atomic E-state index is 9.44. The average Bonchev–Trinajstić information content (AvgIpc) is 2.90. The first-order valence-corrected chi connectivity index (χ1v) is 7.97. The predicted molar refractivity (Wildman–Crippen MR) is 97.5 cm³/mol. The van der Waals surface area contributed by atoms with Crippen LogP contribution in [0, 0.1) is 18.3 Å². The smallest absolute Gasteiger partial charge is 0.163 e. The second-order valence-corrected chi connectivity index (χ2v) is 5.38. The lowest BCUT2D eigenvalue weighted by atomic mass is 10.2. The van der Waals surface area contributed by atoms with Gasteiger partial charge in [-0.3, -0.25) is 4.99 Å². The van der Waals surface area contributed by atoms with Crippen molar-refractivity contribution in [3.05, 3.63) is 29.0 Å². The highest BCUT2D eigenvalue weighted by Crippen LogP contribution is 2.24. The lowest BCUT2D eigenvalue weighted by Gasteiger charge is -2.10. The van der Waals surface area contributed by atoms with E-state index in [4.69, 9.17) is 5.73 Å². The number of aromatic nitrogens is 3. The van der Waals surface area contributed by atoms with Crippen LogP contribution >= 0.6 is 0 Å². The first-order chi connectivity index (χ1) is 11.6. The molecular weight excluding hydrogens is 302 g/mol. The van der Waals surface area contributed by atoms with E-state index >= 15 is 0 Å². The number of fused-ring (bicyclic) bond motifs is 1. The maximum absolute atomic E-state index is 9.44. The van der Waals surface area contributed by atoms with Crippen LogP contribution in [0.2, 0.25) is 0 Å². The van der Waals surface area contributed by atoms with Gasteiger partial charge < -0.3 is 11.1 Å². The Hall–Kier alpha value is -2.88. The number of rotatable bonds is 6. The summed E-state index contributed by atoms with van der Waals surface area (Å²) < 4.78 is 1.55. The van der Waals surface area contributed by atoms with Gasteiger partial charge in [-0.05, 0) is 26.3 Å². The van der Waals surface area contributed by atoms with E-state index in [1.807, 2.05) is 32.9 Å². The zero-order chi connectivity index (χ0) is 17.7. The summed E-state index contributed by atoms with van der Waals surface area (Å²) in [7, 11) is 1.76. The van der Waals surface area contributed by atoms with Gasteiger partial charge in [-0.25, -0.2) is 4.98 Å². The maximum Gasteiger partial charge on any atom is 0.163 e. The van der Waals surface area contributed by atoms with Gasteiger partial charge >= 0.3 is 0 Å². The lowest BCUT2D eigenvalue weighted by Crippen LogP contribution is -2.13. The van der Waals surface area contributed by atoms with Crippen LogP contribution in [0.4, 0.5) is 11.6 Å². The van der Waals surface area contributed by atoms with Crippen molar-refractivity contribution in [2.24, 2.45) is 4.99 Å². The van der Waals surface area contributed by atoms with Crippen LogP contribution in [0.1, 0.15) is 37.1 Å². The van der Waals surface area contributed by atoms with Gasteiger partial charge in [0.1, 0.15) is 23.3 Å². The first kappa shape index (κ1) is 17.5. The molecule has 0 bridgehead atoms. The molecule has 0 radical (unpaired) electrons. The molecule has 2 aromatic heterocycles. The number of hydrogen-bond acceptors (Lipinski definition) is 6. The number of aliphatic imine (C=N–C) groups is 1. The third-order valence-electron chi connectivity index (χ3n) is 3.88. The Bertz CT molecular complexity index is 837. The number of hydrogen-bond donors (Lipinski definition) is 2. The van der Waals surface area contributed by atoms with Crippen molar-refractivity contribution in [1.29, 1.82) is 5.26 Å². The molecule has 126 valence electrons. The Labute approximate surface area is 141 Å². The highest BCUT2D eigenvalue weighted by Gasteiger charge is 2.17. The van der Waals surface area contributed by atoms with E-state index in [1.165, 1.54) is 0 Å². The summed E-state index contributed by atoms with van der Waals surface area (Å²) in [5.41, 5.74) is 10.1. The summed E-state index contributed by atoms with van der Waals surface area (Å²) in [6.07, 6.45) is 5.46. The molecule has 2 aromatic rings. The van der Waals surface area contributed by atoms with Crippen LogP contribution in [0.25, 0.3) is 5.65 Å². The number of allylic oxidation sites excluding steroid dienone is 2. The highest BCUT2D eigenvalue weighted by atomic mass is 15.3. The highest BCUT2D eigenvalue weighted by molar-refractivity contribution is 5.95. The Kier molecular flexibility index (Phi) is 5.53. The van der Waals surface area contributed by atoms with Gasteiger partial charge in [-0.1, -0.05) is 13.0 Å². The van der Waals surface area contributed by atoms with Gasteiger partial charge in [-0.15, -0.1) is 0 Å². The van der Waals surface area contributed by atoms with Crippen molar-refractivity contribution in [3.8, 4) is 6.07 Å². The number of aryl methyl sites for hydroxylation is 2. The van der Waals surface area contributed by atoms with E-state index in [1.54, 1.807) is 11.6 Å². The van der Waals surface area contributed by atoms with Crippen molar-refractivity contribution < 1.29 is 0 Å². The van der Waals surface area contributed by atoms with Gasteiger partial charge in [0.2, 0.25) is 0 Å². The number of anilines is 2. The summed E-state index contributed by atoms with van der Waals surface area (Å²) in [5.74, 6) is 0.804. The summed E-state index contributed by atoms with van der Waals surface area (Å²) >= 11 is 0. The third-order valence-corrected chi connectivity index (χ3v) is 3.88. The summed E-state index contributed by atoms with van der Waals surface area (Å²) in [6.45, 7) is 6.54. The van der Waals surface area contributed by atoms with E-state index in [-0.39, 0.29) is 0 Å². The molecule has 2 rings (SSSR count). The third kappa shape index (κ3) is 3.23. The zero-order valence-corrected chi connectivity index (χ0v) is 14.6. The second kappa shape index (κ2) is 7.59. The molecule has 0 aliphatic rings. The molecule has 0 spiro atoms. The largest absolute Gasteiger partial charge is 0.382 e. The van der Waals surface area contributed by atoms with Crippen molar-refractivity contribution in [2.75, 3.05) is 24.6 Å². The summed E-state index contributed by atoms with van der Waals surface area (Å²) in [5, 5.41) is 17.1. The van der Waals surface area contributed by atoms with Gasteiger partial charge in [0, 0.05) is 31.3 Å². The number of nitrogens with zero attached hydrogens (tertiary/aromatic N) is 5. The molecule has 0 saturated heterocycles. The minimum atomic E-state index is 0.311. The second-order valence-electron chi connectivity index (χ2n) is 5.38. The monoisotopic (exact) mass is 325 g/mol. The molecule has 0 unspecified atom stereocenters. The molecule has 0 aliphatic heterocycles. The molecule has 2 heterocycles. The van der Waals surface area contributed by atoms with Gasteiger partial charge in [0.05, 0.1) is 5.69 Å². The molecule has 0 aromatic carbocycles. The van der Waals surface area contributed by atoms with Crippen LogP contribution in [0.15, 0.2) is 17.1 Å². The normalized spacial score (nSPS) is 12.0. The predicted octanol–water partition coefficient (Wildman–Crippen LogP) is 2.50. The van der Waals surface area contributed by atoms with Crippen LogP contribution in [-0.2, 0) is 6.42 Å². The average molecular weight is 325 g/mol. The minimum absolute atomic E-state index is 0.311. The van der Waals surface area contributed by atoms with Gasteiger partial charge in [0.25, 0.3) is 0 Å². The number of nitrogens with two attached hydrogens (primary N) is 1.